The number of carbonyl (C=O) groups is 2. The molecule has 5 nitrogen and oxygen atoms in total. The van der Waals surface area contributed by atoms with E-state index in [1.807, 2.05) is 5.38 Å². The van der Waals surface area contributed by atoms with Crippen molar-refractivity contribution < 1.29 is 27.5 Å². The van der Waals surface area contributed by atoms with E-state index in [0.29, 0.717) is 0 Å². The number of nitrogens with one attached hydrogen (secondary N) is 2. The van der Waals surface area contributed by atoms with Gasteiger partial charge in [-0.05, 0) is 23.6 Å². The van der Waals surface area contributed by atoms with E-state index in [2.05, 4.69) is 10.6 Å². The molecule has 0 spiro atoms. The average molecular weight is 386 g/mol. The van der Waals surface area contributed by atoms with E-state index in [1.165, 1.54) is 36.5 Å². The summed E-state index contributed by atoms with van der Waals surface area (Å²) in [6, 6.07) is 8.93. The predicted octanol–water partition coefficient (Wildman–Crippen LogP) is 3.90. The van der Waals surface area contributed by atoms with Gasteiger partial charge in [0.15, 0.2) is 6.61 Å². The average Bonchev–Trinajstić information content (AvgIpc) is 3.06. The topological polar surface area (TPSA) is 67.4 Å². The van der Waals surface area contributed by atoms with Crippen LogP contribution >= 0.6 is 11.3 Å². The van der Waals surface area contributed by atoms with Crippen molar-refractivity contribution in [3.05, 3.63) is 46.7 Å². The predicted molar refractivity (Wildman–Crippen MR) is 92.1 cm³/mol. The maximum atomic E-state index is 12.3. The van der Waals surface area contributed by atoms with Crippen LogP contribution in [0.3, 0.4) is 0 Å². The van der Waals surface area contributed by atoms with Gasteiger partial charge in [-0.25, -0.2) is 0 Å². The minimum Gasteiger partial charge on any atom is -0.482 e. The third kappa shape index (κ3) is 6.40. The molecule has 0 bridgehead atoms. The van der Waals surface area contributed by atoms with Crippen LogP contribution in [0.5, 0.6) is 5.75 Å². The van der Waals surface area contributed by atoms with Crippen LogP contribution in [0.2, 0.25) is 0 Å². The second-order valence-electron chi connectivity index (χ2n) is 5.42. The number of anilines is 1. The van der Waals surface area contributed by atoms with E-state index < -0.39 is 24.7 Å². The first kappa shape index (κ1) is 19.8. The highest BCUT2D eigenvalue weighted by molar-refractivity contribution is 7.10. The van der Waals surface area contributed by atoms with Gasteiger partial charge in [0.05, 0.1) is 18.2 Å². The maximum Gasteiger partial charge on any atom is 0.422 e. The second-order valence-corrected chi connectivity index (χ2v) is 6.40. The van der Waals surface area contributed by atoms with Crippen molar-refractivity contribution in [2.24, 2.45) is 0 Å². The van der Waals surface area contributed by atoms with Gasteiger partial charge in [0.25, 0.3) is 0 Å². The molecule has 2 aromatic rings. The number of benzene rings is 1. The number of alkyl halides is 3. The molecule has 0 radical (unpaired) electrons. The van der Waals surface area contributed by atoms with Crippen molar-refractivity contribution in [3.8, 4) is 5.75 Å². The first-order chi connectivity index (χ1) is 12.2. The molecule has 2 rings (SSSR count). The fraction of sp³-hybridized carbons (Fsp3) is 0.294. The number of rotatable bonds is 7. The van der Waals surface area contributed by atoms with Gasteiger partial charge in [0.2, 0.25) is 11.8 Å². The Morgan fingerprint density at radius 2 is 1.92 bits per heavy atom. The standard InChI is InChI=1S/C17H17F3N2O3S/c1-11(23)21-13(15-7-4-8-26-15)9-16(24)22-12-5-2-3-6-14(12)25-10-17(18,19)20/h2-8,13H,9-10H2,1H3,(H,21,23)(H,22,24). The lowest BCUT2D eigenvalue weighted by molar-refractivity contribution is -0.153. The number of hydrogen-bond acceptors (Lipinski definition) is 4. The quantitative estimate of drug-likeness (QED) is 0.759. The van der Waals surface area contributed by atoms with Crippen LogP contribution in [0.1, 0.15) is 24.3 Å². The normalized spacial score (nSPS) is 12.3. The Morgan fingerprint density at radius 3 is 2.54 bits per heavy atom. The summed E-state index contributed by atoms with van der Waals surface area (Å²) in [4.78, 5) is 24.5. The minimum absolute atomic E-state index is 0.0618. The van der Waals surface area contributed by atoms with E-state index in [0.717, 1.165) is 4.88 Å². The van der Waals surface area contributed by atoms with E-state index >= 15 is 0 Å². The van der Waals surface area contributed by atoms with Crippen molar-refractivity contribution in [2.45, 2.75) is 25.6 Å². The van der Waals surface area contributed by atoms with Crippen molar-refractivity contribution in [2.75, 3.05) is 11.9 Å². The fourth-order valence-electron chi connectivity index (χ4n) is 2.20. The lowest BCUT2D eigenvalue weighted by Crippen LogP contribution is -2.29. The zero-order valence-electron chi connectivity index (χ0n) is 13.8. The van der Waals surface area contributed by atoms with Crippen LogP contribution in [0, 0.1) is 0 Å². The van der Waals surface area contributed by atoms with Gasteiger partial charge in [-0.15, -0.1) is 11.3 Å². The van der Waals surface area contributed by atoms with E-state index in [-0.39, 0.29) is 23.8 Å². The lowest BCUT2D eigenvalue weighted by Gasteiger charge is -2.17. The highest BCUT2D eigenvalue weighted by Gasteiger charge is 2.29. The summed E-state index contributed by atoms with van der Waals surface area (Å²) < 4.78 is 41.7. The van der Waals surface area contributed by atoms with Gasteiger partial charge in [0, 0.05) is 11.8 Å². The molecule has 2 N–H and O–H groups in total. The Bertz CT molecular complexity index is 748. The summed E-state index contributed by atoms with van der Waals surface area (Å²) >= 11 is 1.39. The van der Waals surface area contributed by atoms with Crippen molar-refractivity contribution >= 4 is 28.8 Å². The Labute approximate surface area is 152 Å². The van der Waals surface area contributed by atoms with Crippen LogP contribution in [-0.2, 0) is 9.59 Å². The van der Waals surface area contributed by atoms with Crippen LogP contribution in [-0.4, -0.2) is 24.6 Å². The summed E-state index contributed by atoms with van der Waals surface area (Å²) in [5.74, 6) is -0.823. The molecule has 9 heteroatoms. The largest absolute Gasteiger partial charge is 0.482 e. The molecule has 1 heterocycles. The van der Waals surface area contributed by atoms with Gasteiger partial charge < -0.3 is 15.4 Å². The van der Waals surface area contributed by atoms with E-state index in [4.69, 9.17) is 4.74 Å². The van der Waals surface area contributed by atoms with Gasteiger partial charge in [-0.1, -0.05) is 18.2 Å². The number of carbonyl (C=O) groups excluding carboxylic acids is 2. The summed E-state index contributed by atoms with van der Waals surface area (Å²) in [6.45, 7) is -0.109. The molecular formula is C17H17F3N2O3S. The van der Waals surface area contributed by atoms with Gasteiger partial charge >= 0.3 is 6.18 Å². The molecule has 1 aromatic carbocycles. The third-order valence-corrected chi connectivity index (χ3v) is 4.19. The molecule has 0 saturated carbocycles. The first-order valence-corrected chi connectivity index (χ1v) is 8.51. The van der Waals surface area contributed by atoms with Crippen LogP contribution in [0.4, 0.5) is 18.9 Å². The fourth-order valence-corrected chi connectivity index (χ4v) is 2.98. The van der Waals surface area contributed by atoms with Crippen LogP contribution in [0.15, 0.2) is 41.8 Å². The number of halogens is 3. The number of ether oxygens (including phenoxy) is 1. The Hall–Kier alpha value is -2.55. The molecule has 0 fully saturated rings. The van der Waals surface area contributed by atoms with Crippen molar-refractivity contribution in [1.29, 1.82) is 0 Å². The minimum atomic E-state index is -4.48. The third-order valence-electron chi connectivity index (χ3n) is 3.21. The Kier molecular flexibility index (Phi) is 6.62. The number of hydrogen-bond donors (Lipinski definition) is 2. The molecule has 2 amide bonds. The highest BCUT2D eigenvalue weighted by atomic mass is 32.1. The molecule has 0 saturated heterocycles. The van der Waals surface area contributed by atoms with E-state index in [1.54, 1.807) is 18.2 Å². The van der Waals surface area contributed by atoms with Gasteiger partial charge in [-0.2, -0.15) is 13.2 Å². The Balaban J connectivity index is 2.05. The molecule has 26 heavy (non-hydrogen) atoms. The molecule has 1 atom stereocenters. The Morgan fingerprint density at radius 1 is 1.19 bits per heavy atom. The molecule has 1 unspecified atom stereocenters. The molecular weight excluding hydrogens is 369 g/mol. The number of thiophene rings is 1. The summed E-state index contributed by atoms with van der Waals surface area (Å²) in [5, 5.41) is 7.05. The lowest BCUT2D eigenvalue weighted by atomic mass is 10.1. The molecule has 140 valence electrons. The second kappa shape index (κ2) is 8.70. The van der Waals surface area contributed by atoms with Gasteiger partial charge in [0.1, 0.15) is 5.75 Å². The van der Waals surface area contributed by atoms with Crippen molar-refractivity contribution in [3.63, 3.8) is 0 Å². The smallest absolute Gasteiger partial charge is 0.422 e. The molecule has 0 aliphatic carbocycles. The highest BCUT2D eigenvalue weighted by Crippen LogP contribution is 2.28. The number of para-hydroxylation sites is 2. The van der Waals surface area contributed by atoms with Crippen molar-refractivity contribution in [1.82, 2.24) is 5.32 Å². The van der Waals surface area contributed by atoms with E-state index in [9.17, 15) is 22.8 Å². The summed E-state index contributed by atoms with van der Waals surface area (Å²) in [5.41, 5.74) is 0.134. The summed E-state index contributed by atoms with van der Waals surface area (Å²) in [6.07, 6.45) is -4.54. The van der Waals surface area contributed by atoms with Gasteiger partial charge in [-0.3, -0.25) is 9.59 Å². The SMILES string of the molecule is CC(=O)NC(CC(=O)Nc1ccccc1OCC(F)(F)F)c1cccs1. The van der Waals surface area contributed by atoms with Crippen LogP contribution < -0.4 is 15.4 Å². The molecule has 0 aliphatic rings. The van der Waals surface area contributed by atoms with Crippen LogP contribution in [0.25, 0.3) is 0 Å². The molecule has 0 aliphatic heterocycles. The zero-order chi connectivity index (χ0) is 19.2. The summed E-state index contributed by atoms with van der Waals surface area (Å²) in [7, 11) is 0. The monoisotopic (exact) mass is 386 g/mol. The molecule has 1 aromatic heterocycles. The maximum absolute atomic E-state index is 12.3. The zero-order valence-corrected chi connectivity index (χ0v) is 14.6. The number of amides is 2. The first-order valence-electron chi connectivity index (χ1n) is 7.63.